The Bertz CT molecular complexity index is 1540. The number of likely N-dealkylation sites (N-methyl/N-ethyl adjacent to an activating group) is 1. The van der Waals surface area contributed by atoms with E-state index in [1.165, 1.54) is 12.8 Å². The maximum atomic E-state index is 13.9. The smallest absolute Gasteiger partial charge is 0.334 e. The summed E-state index contributed by atoms with van der Waals surface area (Å²) in [5.74, 6) is 1.46. The number of rotatable bonds is 8. The average Bonchev–Trinajstić information content (AvgIpc) is 3.77. The van der Waals surface area contributed by atoms with E-state index in [2.05, 4.69) is 16.9 Å². The van der Waals surface area contributed by atoms with Crippen LogP contribution in [0.2, 0.25) is 0 Å². The predicted octanol–water partition coefficient (Wildman–Crippen LogP) is 4.79. The third-order valence-electron chi connectivity index (χ3n) is 7.65. The van der Waals surface area contributed by atoms with E-state index >= 15 is 0 Å². The minimum absolute atomic E-state index is 0.0105. The molecular formula is C31H33N5O3. The van der Waals surface area contributed by atoms with E-state index in [1.54, 1.807) is 23.0 Å². The van der Waals surface area contributed by atoms with Crippen LogP contribution in [0.25, 0.3) is 16.7 Å². The molecule has 2 fully saturated rings. The molecule has 1 saturated carbocycles. The first kappa shape index (κ1) is 25.1. The van der Waals surface area contributed by atoms with E-state index in [0.717, 1.165) is 41.9 Å². The highest BCUT2D eigenvalue weighted by atomic mass is 16.5. The third kappa shape index (κ3) is 5.38. The van der Waals surface area contributed by atoms with Crippen molar-refractivity contribution in [3.05, 3.63) is 95.7 Å². The molecule has 1 amide bonds. The average molecular weight is 524 g/mol. The molecule has 1 unspecified atom stereocenters. The van der Waals surface area contributed by atoms with Gasteiger partial charge in [0.25, 0.3) is 0 Å². The van der Waals surface area contributed by atoms with Gasteiger partial charge in [-0.1, -0.05) is 24.3 Å². The number of hydrogen-bond donors (Lipinski definition) is 0. The lowest BCUT2D eigenvalue weighted by Gasteiger charge is -2.32. The number of fused-ring (bicyclic) bond motifs is 1. The second kappa shape index (κ2) is 10.9. The standard InChI is InChI=1S/C31H33N5O3/c1-33(23-11-12-23)19-6-10-30(37)34-20-5-7-25(22-34)36-28-17-18-32-21-29(28)35(31(36)38)24-13-15-27(16-14-24)39-26-8-3-2-4-9-26/h2-4,6,8-10,13-18,21,23,25H,5,7,11-12,19-20,22H2,1H3. The first-order valence-electron chi connectivity index (χ1n) is 13.6. The summed E-state index contributed by atoms with van der Waals surface area (Å²) in [5, 5.41) is 0. The summed E-state index contributed by atoms with van der Waals surface area (Å²) >= 11 is 0. The molecule has 2 aromatic heterocycles. The summed E-state index contributed by atoms with van der Waals surface area (Å²) in [4.78, 5) is 35.3. The summed E-state index contributed by atoms with van der Waals surface area (Å²) in [6, 6.07) is 19.5. The molecule has 1 atom stereocenters. The van der Waals surface area contributed by atoms with Crippen molar-refractivity contribution in [2.24, 2.45) is 0 Å². The Morgan fingerprint density at radius 1 is 1.03 bits per heavy atom. The van der Waals surface area contributed by atoms with Crippen molar-refractivity contribution in [2.45, 2.75) is 37.8 Å². The molecule has 1 saturated heterocycles. The van der Waals surface area contributed by atoms with Gasteiger partial charge in [-0.15, -0.1) is 0 Å². The zero-order valence-electron chi connectivity index (χ0n) is 22.1. The summed E-state index contributed by atoms with van der Waals surface area (Å²) in [7, 11) is 2.10. The van der Waals surface area contributed by atoms with Crippen molar-refractivity contribution in [3.8, 4) is 17.2 Å². The fraction of sp³-hybridized carbons (Fsp3) is 0.323. The van der Waals surface area contributed by atoms with Crippen LogP contribution in [0, 0.1) is 0 Å². The van der Waals surface area contributed by atoms with Gasteiger partial charge in [0.15, 0.2) is 0 Å². The van der Waals surface area contributed by atoms with E-state index in [1.807, 2.05) is 76.2 Å². The third-order valence-corrected chi connectivity index (χ3v) is 7.65. The van der Waals surface area contributed by atoms with Crippen molar-refractivity contribution in [3.63, 3.8) is 0 Å². The first-order chi connectivity index (χ1) is 19.1. The SMILES string of the molecule is CN(CC=CC(=O)N1CCCC(n2c(=O)n(-c3ccc(Oc4ccccc4)cc3)c3cnccc32)C1)C1CC1. The van der Waals surface area contributed by atoms with Crippen molar-refractivity contribution in [2.75, 3.05) is 26.7 Å². The number of amides is 1. The van der Waals surface area contributed by atoms with E-state index in [-0.39, 0.29) is 17.6 Å². The fourth-order valence-electron chi connectivity index (χ4n) is 5.41. The number of carbonyl (C=O) groups excluding carboxylic acids is 1. The minimum Gasteiger partial charge on any atom is -0.457 e. The van der Waals surface area contributed by atoms with E-state index in [4.69, 9.17) is 4.74 Å². The van der Waals surface area contributed by atoms with Crippen LogP contribution in [-0.2, 0) is 4.79 Å². The molecule has 39 heavy (non-hydrogen) atoms. The topological polar surface area (TPSA) is 72.6 Å². The van der Waals surface area contributed by atoms with Crippen LogP contribution in [0.4, 0.5) is 0 Å². The van der Waals surface area contributed by atoms with Gasteiger partial charge in [0, 0.05) is 37.9 Å². The number of likely N-dealkylation sites (tertiary alicyclic amines) is 1. The van der Waals surface area contributed by atoms with Crippen LogP contribution in [0.5, 0.6) is 11.5 Å². The number of ether oxygens (including phenoxy) is 1. The Morgan fingerprint density at radius 2 is 1.79 bits per heavy atom. The second-order valence-electron chi connectivity index (χ2n) is 10.4. The van der Waals surface area contributed by atoms with Crippen molar-refractivity contribution in [1.82, 2.24) is 23.9 Å². The fourth-order valence-corrected chi connectivity index (χ4v) is 5.41. The van der Waals surface area contributed by atoms with Crippen LogP contribution < -0.4 is 10.4 Å². The first-order valence-corrected chi connectivity index (χ1v) is 13.6. The lowest BCUT2D eigenvalue weighted by molar-refractivity contribution is -0.127. The Kier molecular flexibility index (Phi) is 7.02. The number of pyridine rings is 1. The molecule has 0 N–H and O–H groups in total. The van der Waals surface area contributed by atoms with Crippen LogP contribution in [-0.4, -0.2) is 62.5 Å². The molecule has 200 valence electrons. The summed E-state index contributed by atoms with van der Waals surface area (Å²) < 4.78 is 9.47. The Balaban J connectivity index is 1.24. The number of imidazole rings is 1. The second-order valence-corrected chi connectivity index (χ2v) is 10.4. The maximum absolute atomic E-state index is 13.9. The van der Waals surface area contributed by atoms with Gasteiger partial charge in [-0.05, 0) is 75.2 Å². The normalized spacial score (nSPS) is 17.8. The molecule has 8 nitrogen and oxygen atoms in total. The zero-order valence-corrected chi connectivity index (χ0v) is 22.1. The number of nitrogens with zero attached hydrogens (tertiary/aromatic N) is 5. The van der Waals surface area contributed by atoms with Gasteiger partial charge in [0.05, 0.1) is 29.0 Å². The number of piperidine rings is 1. The van der Waals surface area contributed by atoms with Gasteiger partial charge in [0.1, 0.15) is 11.5 Å². The highest BCUT2D eigenvalue weighted by Gasteiger charge is 2.28. The molecule has 3 heterocycles. The summed E-state index contributed by atoms with van der Waals surface area (Å²) in [6.07, 6.45) is 11.3. The van der Waals surface area contributed by atoms with Gasteiger partial charge >= 0.3 is 5.69 Å². The molecule has 6 rings (SSSR count). The summed E-state index contributed by atoms with van der Waals surface area (Å²) in [6.45, 7) is 1.99. The lowest BCUT2D eigenvalue weighted by atomic mass is 10.1. The Hall–Kier alpha value is -4.17. The minimum atomic E-state index is -0.129. The van der Waals surface area contributed by atoms with Gasteiger partial charge in [-0.25, -0.2) is 4.79 Å². The molecule has 0 bridgehead atoms. The van der Waals surface area contributed by atoms with Crippen LogP contribution in [0.15, 0.2) is 90.0 Å². The molecule has 0 spiro atoms. The van der Waals surface area contributed by atoms with Gasteiger partial charge in [0.2, 0.25) is 5.91 Å². The largest absolute Gasteiger partial charge is 0.457 e. The number of benzene rings is 2. The van der Waals surface area contributed by atoms with Crippen LogP contribution in [0.3, 0.4) is 0 Å². The molecule has 4 aromatic rings. The lowest BCUT2D eigenvalue weighted by Crippen LogP contribution is -2.42. The van der Waals surface area contributed by atoms with Crippen LogP contribution >= 0.6 is 0 Å². The van der Waals surface area contributed by atoms with Gasteiger partial charge in [-0.2, -0.15) is 0 Å². The number of carbonyl (C=O) groups is 1. The zero-order chi connectivity index (χ0) is 26.8. The predicted molar refractivity (Wildman–Crippen MR) is 151 cm³/mol. The van der Waals surface area contributed by atoms with Crippen molar-refractivity contribution < 1.29 is 9.53 Å². The number of hydrogen-bond acceptors (Lipinski definition) is 5. The maximum Gasteiger partial charge on any atom is 0.334 e. The molecule has 0 radical (unpaired) electrons. The van der Waals surface area contributed by atoms with Crippen LogP contribution in [0.1, 0.15) is 31.7 Å². The summed E-state index contributed by atoms with van der Waals surface area (Å²) in [5.41, 5.74) is 2.17. The molecule has 8 heteroatoms. The quantitative estimate of drug-likeness (QED) is 0.311. The van der Waals surface area contributed by atoms with Crippen molar-refractivity contribution in [1.29, 1.82) is 0 Å². The van der Waals surface area contributed by atoms with Gasteiger partial charge in [-0.3, -0.25) is 23.8 Å². The van der Waals surface area contributed by atoms with E-state index in [0.29, 0.717) is 24.9 Å². The Labute approximate surface area is 227 Å². The molecular weight excluding hydrogens is 490 g/mol. The molecule has 1 aliphatic heterocycles. The number of para-hydroxylation sites is 1. The van der Waals surface area contributed by atoms with Crippen molar-refractivity contribution >= 4 is 16.9 Å². The molecule has 2 aromatic carbocycles. The highest BCUT2D eigenvalue weighted by Crippen LogP contribution is 2.28. The van der Waals surface area contributed by atoms with E-state index in [9.17, 15) is 9.59 Å². The molecule has 2 aliphatic rings. The number of aromatic nitrogens is 3. The Morgan fingerprint density at radius 3 is 2.56 bits per heavy atom. The van der Waals surface area contributed by atoms with Gasteiger partial charge < -0.3 is 9.64 Å². The monoisotopic (exact) mass is 523 g/mol. The van der Waals surface area contributed by atoms with E-state index < -0.39 is 0 Å². The highest BCUT2D eigenvalue weighted by molar-refractivity contribution is 5.87. The molecule has 1 aliphatic carbocycles.